The lowest BCUT2D eigenvalue weighted by Crippen LogP contribution is -2.12. The number of benzene rings is 2. The number of nitrogens with zero attached hydrogens (tertiary/aromatic N) is 4. The van der Waals surface area contributed by atoms with Crippen LogP contribution in [-0.4, -0.2) is 43.5 Å². The highest BCUT2D eigenvalue weighted by atomic mass is 16.5. The van der Waals surface area contributed by atoms with Gasteiger partial charge in [-0.1, -0.05) is 6.07 Å². The molecule has 5 rings (SSSR count). The maximum absolute atomic E-state index is 5.77. The van der Waals surface area contributed by atoms with Crippen LogP contribution in [0.2, 0.25) is 0 Å². The number of anilines is 3. The lowest BCUT2D eigenvalue weighted by molar-refractivity contribution is 0.333. The highest BCUT2D eigenvalue weighted by Crippen LogP contribution is 2.23. The van der Waals surface area contributed by atoms with E-state index >= 15 is 0 Å². The first kappa shape index (κ1) is 18.6. The fraction of sp³-hybridized carbons (Fsp3) is 0.0909. The van der Waals surface area contributed by atoms with Gasteiger partial charge in [-0.25, -0.2) is 4.98 Å². The fourth-order valence-corrected chi connectivity index (χ4v) is 3.12. The maximum atomic E-state index is 5.77. The van der Waals surface area contributed by atoms with Gasteiger partial charge in [0.05, 0.1) is 18.3 Å². The standard InChI is InChI=1S/C22H20N8O/c1-2-10-23-20(3-1)24-11-12-31-18-7-4-15(5-8-18)21-27-22(30-29-21)26-17-6-9-19-16(13-17)14-25-28-19/h1-10,13-14H,11-12H2,(H,23,24)(H,25,28)(H2,26,27,29,30). The molecule has 31 heavy (non-hydrogen) atoms. The monoisotopic (exact) mass is 412 g/mol. The van der Waals surface area contributed by atoms with Crippen molar-refractivity contribution in [2.24, 2.45) is 0 Å². The van der Waals surface area contributed by atoms with Gasteiger partial charge in [-0.15, -0.1) is 5.10 Å². The van der Waals surface area contributed by atoms with Crippen LogP contribution in [0.1, 0.15) is 0 Å². The number of rotatable bonds is 8. The highest BCUT2D eigenvalue weighted by Gasteiger charge is 2.07. The molecule has 0 spiro atoms. The van der Waals surface area contributed by atoms with Crippen molar-refractivity contribution in [2.45, 2.75) is 0 Å². The summed E-state index contributed by atoms with van der Waals surface area (Å²) in [4.78, 5) is 8.74. The first-order valence-electron chi connectivity index (χ1n) is 9.84. The van der Waals surface area contributed by atoms with Gasteiger partial charge in [0, 0.05) is 22.8 Å². The summed E-state index contributed by atoms with van der Waals surface area (Å²) in [5, 5.41) is 21.6. The Morgan fingerprint density at radius 1 is 0.968 bits per heavy atom. The molecule has 9 nitrogen and oxygen atoms in total. The van der Waals surface area contributed by atoms with Crippen LogP contribution in [0.15, 0.2) is 73.1 Å². The molecule has 0 radical (unpaired) electrons. The Labute approximate surface area is 177 Å². The normalized spacial score (nSPS) is 10.8. The molecular formula is C22H20N8O. The first-order chi connectivity index (χ1) is 15.3. The number of aromatic nitrogens is 6. The summed E-state index contributed by atoms with van der Waals surface area (Å²) < 4.78 is 5.77. The van der Waals surface area contributed by atoms with Gasteiger partial charge in [0.1, 0.15) is 18.2 Å². The number of aromatic amines is 2. The zero-order valence-electron chi connectivity index (χ0n) is 16.5. The van der Waals surface area contributed by atoms with Crippen molar-refractivity contribution in [1.82, 2.24) is 30.4 Å². The predicted octanol–water partition coefficient (Wildman–Crippen LogP) is 3.98. The van der Waals surface area contributed by atoms with Crippen LogP contribution in [0.25, 0.3) is 22.3 Å². The van der Waals surface area contributed by atoms with Crippen LogP contribution < -0.4 is 15.4 Å². The largest absolute Gasteiger partial charge is 0.492 e. The predicted molar refractivity (Wildman–Crippen MR) is 119 cm³/mol. The summed E-state index contributed by atoms with van der Waals surface area (Å²) in [5.41, 5.74) is 2.79. The summed E-state index contributed by atoms with van der Waals surface area (Å²) in [5.74, 6) is 2.80. The van der Waals surface area contributed by atoms with Gasteiger partial charge in [0.15, 0.2) is 5.82 Å². The molecule has 0 bridgehead atoms. The van der Waals surface area contributed by atoms with Crippen molar-refractivity contribution in [3.8, 4) is 17.1 Å². The highest BCUT2D eigenvalue weighted by molar-refractivity contribution is 5.82. The Hall–Kier alpha value is -4.40. The second-order valence-corrected chi connectivity index (χ2v) is 6.82. The molecule has 0 aliphatic rings. The summed E-state index contributed by atoms with van der Waals surface area (Å²) in [6.45, 7) is 1.20. The lowest BCUT2D eigenvalue weighted by Gasteiger charge is -2.08. The summed E-state index contributed by atoms with van der Waals surface area (Å²) in [6.07, 6.45) is 3.53. The molecule has 0 aliphatic heterocycles. The molecule has 2 aromatic carbocycles. The zero-order chi connectivity index (χ0) is 20.9. The molecule has 3 heterocycles. The summed E-state index contributed by atoms with van der Waals surface area (Å²) in [7, 11) is 0. The molecule has 4 N–H and O–H groups in total. The minimum absolute atomic E-state index is 0.499. The van der Waals surface area contributed by atoms with E-state index in [2.05, 4.69) is 41.0 Å². The minimum atomic E-state index is 0.499. The second kappa shape index (κ2) is 8.54. The molecular weight excluding hydrogens is 392 g/mol. The minimum Gasteiger partial charge on any atom is -0.492 e. The molecule has 9 heteroatoms. The molecule has 0 saturated carbocycles. The number of hydrogen-bond donors (Lipinski definition) is 4. The molecule has 3 aromatic heterocycles. The second-order valence-electron chi connectivity index (χ2n) is 6.82. The van der Waals surface area contributed by atoms with Crippen molar-refractivity contribution >= 4 is 28.4 Å². The van der Waals surface area contributed by atoms with E-state index < -0.39 is 0 Å². The number of H-pyrrole nitrogens is 2. The number of nitrogens with one attached hydrogen (secondary N) is 4. The third-order valence-corrected chi connectivity index (χ3v) is 4.65. The van der Waals surface area contributed by atoms with Crippen LogP contribution in [0, 0.1) is 0 Å². The van der Waals surface area contributed by atoms with E-state index in [4.69, 9.17) is 4.74 Å². The zero-order valence-corrected chi connectivity index (χ0v) is 16.5. The first-order valence-corrected chi connectivity index (χ1v) is 9.84. The third-order valence-electron chi connectivity index (χ3n) is 4.65. The van der Waals surface area contributed by atoms with E-state index in [1.807, 2.05) is 60.7 Å². The molecule has 0 amide bonds. The Kier molecular flexibility index (Phi) is 5.13. The topological polar surface area (TPSA) is 116 Å². The smallest absolute Gasteiger partial charge is 0.246 e. The van der Waals surface area contributed by atoms with Crippen molar-refractivity contribution in [3.63, 3.8) is 0 Å². The van der Waals surface area contributed by atoms with Crippen molar-refractivity contribution in [2.75, 3.05) is 23.8 Å². The average molecular weight is 412 g/mol. The SMILES string of the molecule is c1ccc(NCCOc2ccc(-c3nc(Nc4ccc5[nH]ncc5c4)n[nH]3)cc2)nc1. The van der Waals surface area contributed by atoms with Gasteiger partial charge in [-0.2, -0.15) is 10.1 Å². The number of pyridine rings is 1. The van der Waals surface area contributed by atoms with Crippen LogP contribution >= 0.6 is 0 Å². The van der Waals surface area contributed by atoms with Gasteiger partial charge >= 0.3 is 0 Å². The van der Waals surface area contributed by atoms with Crippen molar-refractivity contribution < 1.29 is 4.74 Å². The van der Waals surface area contributed by atoms with E-state index in [0.29, 0.717) is 24.9 Å². The Morgan fingerprint density at radius 2 is 1.90 bits per heavy atom. The molecule has 0 unspecified atom stereocenters. The Balaban J connectivity index is 1.16. The average Bonchev–Trinajstić information content (AvgIpc) is 3.47. The van der Waals surface area contributed by atoms with Gasteiger partial charge in [0.2, 0.25) is 5.95 Å². The van der Waals surface area contributed by atoms with Crippen LogP contribution in [0.5, 0.6) is 5.75 Å². The van der Waals surface area contributed by atoms with Crippen LogP contribution in [0.3, 0.4) is 0 Å². The fourth-order valence-electron chi connectivity index (χ4n) is 3.12. The van der Waals surface area contributed by atoms with Crippen LogP contribution in [0.4, 0.5) is 17.5 Å². The Morgan fingerprint density at radius 3 is 2.77 bits per heavy atom. The molecule has 0 aliphatic carbocycles. The summed E-state index contributed by atoms with van der Waals surface area (Å²) >= 11 is 0. The quantitative estimate of drug-likeness (QED) is 0.285. The van der Waals surface area contributed by atoms with Crippen LogP contribution in [-0.2, 0) is 0 Å². The molecule has 154 valence electrons. The number of fused-ring (bicyclic) bond motifs is 1. The van der Waals surface area contributed by atoms with E-state index in [-0.39, 0.29) is 0 Å². The van der Waals surface area contributed by atoms with Crippen molar-refractivity contribution in [3.05, 3.63) is 73.1 Å². The molecule has 0 atom stereocenters. The van der Waals surface area contributed by atoms with Gasteiger partial charge in [0.25, 0.3) is 0 Å². The van der Waals surface area contributed by atoms with Gasteiger partial charge < -0.3 is 15.4 Å². The molecule has 0 fully saturated rings. The van der Waals surface area contributed by atoms with E-state index in [1.54, 1.807) is 12.4 Å². The third kappa shape index (κ3) is 4.45. The summed E-state index contributed by atoms with van der Waals surface area (Å²) in [6, 6.07) is 19.4. The number of ether oxygens (including phenoxy) is 1. The molecule has 0 saturated heterocycles. The number of hydrogen-bond acceptors (Lipinski definition) is 7. The van der Waals surface area contributed by atoms with Gasteiger partial charge in [-0.05, 0) is 54.6 Å². The lowest BCUT2D eigenvalue weighted by atomic mass is 10.2. The Bertz CT molecular complexity index is 1260. The van der Waals surface area contributed by atoms with Gasteiger partial charge in [-0.3, -0.25) is 10.2 Å². The van der Waals surface area contributed by atoms with E-state index in [0.717, 1.165) is 33.7 Å². The van der Waals surface area contributed by atoms with E-state index in [9.17, 15) is 0 Å². The maximum Gasteiger partial charge on any atom is 0.246 e. The van der Waals surface area contributed by atoms with E-state index in [1.165, 1.54) is 0 Å². The molecule has 5 aromatic rings. The van der Waals surface area contributed by atoms with Crippen molar-refractivity contribution in [1.29, 1.82) is 0 Å².